The third-order valence-corrected chi connectivity index (χ3v) is 4.63. The van der Waals surface area contributed by atoms with Crippen molar-refractivity contribution in [3.8, 4) is 5.75 Å². The minimum atomic E-state index is -1.03. The van der Waals surface area contributed by atoms with Crippen molar-refractivity contribution < 1.29 is 24.2 Å². The number of likely N-dealkylation sites (tertiary alicyclic amines) is 1. The van der Waals surface area contributed by atoms with Crippen molar-refractivity contribution in [1.82, 2.24) is 4.90 Å². The summed E-state index contributed by atoms with van der Waals surface area (Å²) in [4.78, 5) is 38.2. The number of hydrogen-bond donors (Lipinski definition) is 2. The van der Waals surface area contributed by atoms with Gasteiger partial charge in [0.25, 0.3) is 5.91 Å². The standard InChI is InChI=1S/C18H23ClN2O5/c1-10(2)15(17(24)21-7-3-4-11(9-21)16(20)23)26-18(25)13-8-12(19)5-6-14(13)22/h5-6,8,10-11,15,22H,3-4,7,9H2,1-2H3,(H2,20,23). The van der Waals surface area contributed by atoms with Crippen LogP contribution in [0.2, 0.25) is 5.02 Å². The lowest BCUT2D eigenvalue weighted by atomic mass is 9.96. The highest BCUT2D eigenvalue weighted by atomic mass is 35.5. The number of ether oxygens (including phenoxy) is 1. The summed E-state index contributed by atoms with van der Waals surface area (Å²) in [5, 5.41) is 10.1. The Kier molecular flexibility index (Phi) is 6.47. The molecular weight excluding hydrogens is 360 g/mol. The van der Waals surface area contributed by atoms with E-state index in [-0.39, 0.29) is 34.7 Å². The molecule has 2 rings (SSSR count). The number of rotatable bonds is 5. The van der Waals surface area contributed by atoms with Gasteiger partial charge in [-0.2, -0.15) is 0 Å². The maximum absolute atomic E-state index is 12.8. The number of phenols is 1. The van der Waals surface area contributed by atoms with Gasteiger partial charge in [0.2, 0.25) is 5.91 Å². The Morgan fingerprint density at radius 2 is 2.04 bits per heavy atom. The zero-order chi connectivity index (χ0) is 19.4. The number of primary amides is 1. The summed E-state index contributed by atoms with van der Waals surface area (Å²) in [7, 11) is 0. The molecule has 0 aliphatic carbocycles. The molecule has 3 N–H and O–H groups in total. The summed E-state index contributed by atoms with van der Waals surface area (Å²) in [5.41, 5.74) is 5.24. The van der Waals surface area contributed by atoms with Crippen molar-refractivity contribution in [2.45, 2.75) is 32.8 Å². The second-order valence-electron chi connectivity index (χ2n) is 6.76. The number of amides is 2. The predicted molar refractivity (Wildman–Crippen MR) is 95.7 cm³/mol. The summed E-state index contributed by atoms with van der Waals surface area (Å²) in [5.74, 6) is -2.61. The molecule has 1 aromatic rings. The third kappa shape index (κ3) is 4.66. The molecule has 7 nitrogen and oxygen atoms in total. The lowest BCUT2D eigenvalue weighted by molar-refractivity contribution is -0.145. The molecule has 8 heteroatoms. The van der Waals surface area contributed by atoms with Crippen LogP contribution in [0.3, 0.4) is 0 Å². The molecular formula is C18H23ClN2O5. The summed E-state index contributed by atoms with van der Waals surface area (Å²) in [6.07, 6.45) is 0.266. The van der Waals surface area contributed by atoms with Crippen molar-refractivity contribution in [2.24, 2.45) is 17.6 Å². The van der Waals surface area contributed by atoms with Crippen LogP contribution in [0.4, 0.5) is 0 Å². The molecule has 1 heterocycles. The zero-order valence-corrected chi connectivity index (χ0v) is 15.5. The van der Waals surface area contributed by atoms with Gasteiger partial charge in [0.05, 0.1) is 5.92 Å². The number of piperidine rings is 1. The van der Waals surface area contributed by atoms with Gasteiger partial charge in [-0.1, -0.05) is 25.4 Å². The van der Waals surface area contributed by atoms with E-state index in [0.29, 0.717) is 19.4 Å². The largest absolute Gasteiger partial charge is 0.507 e. The first-order valence-electron chi connectivity index (χ1n) is 8.48. The fourth-order valence-electron chi connectivity index (χ4n) is 2.91. The predicted octanol–water partition coefficient (Wildman–Crippen LogP) is 1.95. The van der Waals surface area contributed by atoms with Crippen LogP contribution < -0.4 is 5.73 Å². The molecule has 1 fully saturated rings. The summed E-state index contributed by atoms with van der Waals surface area (Å²) in [6, 6.07) is 4.01. The number of benzene rings is 1. The van der Waals surface area contributed by atoms with Crippen LogP contribution in [0.1, 0.15) is 37.0 Å². The maximum atomic E-state index is 12.8. The molecule has 1 aliphatic heterocycles. The van der Waals surface area contributed by atoms with E-state index in [1.807, 2.05) is 0 Å². The van der Waals surface area contributed by atoms with Gasteiger partial charge in [0.1, 0.15) is 11.3 Å². The van der Waals surface area contributed by atoms with Gasteiger partial charge >= 0.3 is 5.97 Å². The molecule has 0 spiro atoms. The summed E-state index contributed by atoms with van der Waals surface area (Å²) in [6.45, 7) is 4.20. The molecule has 1 aliphatic rings. The Balaban J connectivity index is 2.15. The Morgan fingerprint density at radius 3 is 2.65 bits per heavy atom. The van der Waals surface area contributed by atoms with Gasteiger partial charge in [-0.25, -0.2) is 4.79 Å². The van der Waals surface area contributed by atoms with E-state index in [4.69, 9.17) is 22.1 Å². The quantitative estimate of drug-likeness (QED) is 0.756. The lowest BCUT2D eigenvalue weighted by Crippen LogP contribution is -2.50. The number of halogens is 1. The second-order valence-corrected chi connectivity index (χ2v) is 7.19. The van der Waals surface area contributed by atoms with Gasteiger partial charge in [0.15, 0.2) is 6.10 Å². The van der Waals surface area contributed by atoms with Crippen LogP contribution in [0.5, 0.6) is 5.75 Å². The Labute approximate surface area is 157 Å². The minimum Gasteiger partial charge on any atom is -0.507 e. The van der Waals surface area contributed by atoms with E-state index in [9.17, 15) is 19.5 Å². The second kappa shape index (κ2) is 8.40. The SMILES string of the molecule is CC(C)C(OC(=O)c1cc(Cl)ccc1O)C(=O)N1CCCC(C(N)=O)C1. The van der Waals surface area contributed by atoms with Gasteiger partial charge < -0.3 is 20.5 Å². The van der Waals surface area contributed by atoms with Crippen molar-refractivity contribution >= 4 is 29.4 Å². The number of nitrogens with zero attached hydrogens (tertiary/aromatic N) is 1. The summed E-state index contributed by atoms with van der Waals surface area (Å²) >= 11 is 5.85. The molecule has 2 unspecified atom stereocenters. The molecule has 0 bridgehead atoms. The van der Waals surface area contributed by atoms with Crippen molar-refractivity contribution in [1.29, 1.82) is 0 Å². The average molecular weight is 383 g/mol. The van der Waals surface area contributed by atoms with Crippen molar-refractivity contribution in [3.05, 3.63) is 28.8 Å². The smallest absolute Gasteiger partial charge is 0.342 e. The Morgan fingerprint density at radius 1 is 1.35 bits per heavy atom. The fourth-order valence-corrected chi connectivity index (χ4v) is 3.08. The van der Waals surface area contributed by atoms with Crippen molar-refractivity contribution in [2.75, 3.05) is 13.1 Å². The number of carbonyl (C=O) groups excluding carboxylic acids is 3. The van der Waals surface area contributed by atoms with Crippen LogP contribution in [-0.2, 0) is 14.3 Å². The normalized spacial score (nSPS) is 18.5. The van der Waals surface area contributed by atoms with E-state index in [1.165, 1.54) is 23.1 Å². The number of esters is 1. The molecule has 0 saturated carbocycles. The van der Waals surface area contributed by atoms with Crippen LogP contribution in [0, 0.1) is 11.8 Å². The van der Waals surface area contributed by atoms with Gasteiger partial charge in [-0.05, 0) is 37.0 Å². The first kappa shape index (κ1) is 20.0. The Hall–Kier alpha value is -2.28. The fraction of sp³-hybridized carbons (Fsp3) is 0.500. The highest BCUT2D eigenvalue weighted by Gasteiger charge is 2.35. The number of hydrogen-bond acceptors (Lipinski definition) is 5. The molecule has 26 heavy (non-hydrogen) atoms. The topological polar surface area (TPSA) is 110 Å². The van der Waals surface area contributed by atoms with Crippen LogP contribution in [0.25, 0.3) is 0 Å². The van der Waals surface area contributed by atoms with E-state index in [2.05, 4.69) is 0 Å². The number of nitrogens with two attached hydrogens (primary N) is 1. The van der Waals surface area contributed by atoms with Gasteiger partial charge in [-0.3, -0.25) is 9.59 Å². The van der Waals surface area contributed by atoms with Gasteiger partial charge in [-0.15, -0.1) is 0 Å². The minimum absolute atomic E-state index is 0.107. The molecule has 142 valence electrons. The zero-order valence-electron chi connectivity index (χ0n) is 14.8. The monoisotopic (exact) mass is 382 g/mol. The van der Waals surface area contributed by atoms with Crippen LogP contribution >= 0.6 is 11.6 Å². The maximum Gasteiger partial charge on any atom is 0.342 e. The molecule has 0 aromatic heterocycles. The number of aromatic hydroxyl groups is 1. The Bertz CT molecular complexity index is 707. The van der Waals surface area contributed by atoms with Gasteiger partial charge in [0, 0.05) is 18.1 Å². The molecule has 1 aromatic carbocycles. The van der Waals surface area contributed by atoms with E-state index in [1.54, 1.807) is 13.8 Å². The highest BCUT2D eigenvalue weighted by molar-refractivity contribution is 6.31. The van der Waals surface area contributed by atoms with Crippen LogP contribution in [0.15, 0.2) is 18.2 Å². The first-order valence-corrected chi connectivity index (χ1v) is 8.86. The highest BCUT2D eigenvalue weighted by Crippen LogP contribution is 2.25. The molecule has 1 saturated heterocycles. The van der Waals surface area contributed by atoms with E-state index < -0.39 is 23.9 Å². The molecule has 0 radical (unpaired) electrons. The number of phenolic OH excluding ortho intramolecular Hbond substituents is 1. The lowest BCUT2D eigenvalue weighted by Gasteiger charge is -2.34. The van der Waals surface area contributed by atoms with E-state index in [0.717, 1.165) is 0 Å². The first-order chi connectivity index (χ1) is 12.2. The average Bonchev–Trinajstić information content (AvgIpc) is 2.60. The molecule has 2 amide bonds. The van der Waals surface area contributed by atoms with Crippen LogP contribution in [-0.4, -0.2) is 47.0 Å². The molecule has 2 atom stereocenters. The summed E-state index contributed by atoms with van der Waals surface area (Å²) < 4.78 is 5.38. The third-order valence-electron chi connectivity index (χ3n) is 4.40. The number of carbonyl (C=O) groups is 3. The van der Waals surface area contributed by atoms with E-state index >= 15 is 0 Å². The van der Waals surface area contributed by atoms with Crippen molar-refractivity contribution in [3.63, 3.8) is 0 Å².